The molecule has 1 saturated carbocycles. The van der Waals surface area contributed by atoms with Crippen LogP contribution in [-0.4, -0.2) is 26.3 Å². The lowest BCUT2D eigenvalue weighted by Crippen LogP contribution is -2.38. The van der Waals surface area contributed by atoms with E-state index in [2.05, 4.69) is 19.2 Å². The highest BCUT2D eigenvalue weighted by molar-refractivity contribution is 4.84. The Morgan fingerprint density at radius 2 is 2.19 bits per heavy atom. The van der Waals surface area contributed by atoms with Crippen LogP contribution in [0.5, 0.6) is 0 Å². The quantitative estimate of drug-likeness (QED) is 0.643. The van der Waals surface area contributed by atoms with E-state index in [9.17, 15) is 0 Å². The molecular weight excluding hydrogens is 198 g/mol. The molecule has 0 aliphatic heterocycles. The topological polar surface area (TPSA) is 21.3 Å². The van der Waals surface area contributed by atoms with Gasteiger partial charge in [0.1, 0.15) is 0 Å². The fourth-order valence-electron chi connectivity index (χ4n) is 3.02. The zero-order valence-corrected chi connectivity index (χ0v) is 11.3. The zero-order valence-electron chi connectivity index (χ0n) is 11.3. The smallest absolute Gasteiger partial charge is 0.0462 e. The van der Waals surface area contributed by atoms with Crippen LogP contribution in [0.1, 0.15) is 52.4 Å². The first-order chi connectivity index (χ1) is 7.79. The molecule has 0 spiro atoms. The van der Waals surface area contributed by atoms with Gasteiger partial charge in [0.2, 0.25) is 0 Å². The Bertz CT molecular complexity index is 172. The molecule has 3 unspecified atom stereocenters. The molecule has 0 aromatic rings. The van der Waals surface area contributed by atoms with E-state index >= 15 is 0 Å². The molecule has 0 bridgehead atoms. The molecule has 2 nitrogen and oxygen atoms in total. The number of nitrogens with one attached hydrogen (secondary N) is 1. The lowest BCUT2D eigenvalue weighted by molar-refractivity contribution is 0.179. The minimum atomic E-state index is 0.729. The summed E-state index contributed by atoms with van der Waals surface area (Å²) in [5.41, 5.74) is 0. The molecular formula is C14H29NO. The first kappa shape index (κ1) is 14.0. The van der Waals surface area contributed by atoms with Gasteiger partial charge in [0.25, 0.3) is 0 Å². The summed E-state index contributed by atoms with van der Waals surface area (Å²) in [6, 6.07) is 0.729. The number of ether oxygens (including phenoxy) is 1. The van der Waals surface area contributed by atoms with Gasteiger partial charge < -0.3 is 10.1 Å². The molecule has 1 rings (SSSR count). The third-order valence-electron chi connectivity index (χ3n) is 3.96. The first-order valence-electron chi connectivity index (χ1n) is 7.02. The van der Waals surface area contributed by atoms with E-state index in [0.717, 1.165) is 24.5 Å². The maximum absolute atomic E-state index is 5.16. The van der Waals surface area contributed by atoms with Crippen LogP contribution in [0.25, 0.3) is 0 Å². The van der Waals surface area contributed by atoms with Crippen LogP contribution in [0.4, 0.5) is 0 Å². The normalized spacial score (nSPS) is 27.2. The number of methoxy groups -OCH3 is 1. The Kier molecular flexibility index (Phi) is 7.06. The summed E-state index contributed by atoms with van der Waals surface area (Å²) in [6.07, 6.45) is 8.00. The Hall–Kier alpha value is -0.0800. The highest BCUT2D eigenvalue weighted by atomic mass is 16.5. The number of hydrogen-bond donors (Lipinski definition) is 1. The minimum absolute atomic E-state index is 0.729. The van der Waals surface area contributed by atoms with E-state index in [-0.39, 0.29) is 0 Å². The van der Waals surface area contributed by atoms with E-state index in [4.69, 9.17) is 4.74 Å². The molecule has 96 valence electrons. The van der Waals surface area contributed by atoms with E-state index in [0.29, 0.717) is 0 Å². The Labute approximate surface area is 101 Å². The van der Waals surface area contributed by atoms with Gasteiger partial charge in [-0.15, -0.1) is 0 Å². The Balaban J connectivity index is 2.35. The molecule has 0 amide bonds. The summed E-state index contributed by atoms with van der Waals surface area (Å²) in [7, 11) is 1.80. The third-order valence-corrected chi connectivity index (χ3v) is 3.96. The highest BCUT2D eigenvalue weighted by Gasteiger charge is 2.29. The average molecular weight is 227 g/mol. The van der Waals surface area contributed by atoms with Crippen LogP contribution in [0.3, 0.4) is 0 Å². The van der Waals surface area contributed by atoms with Gasteiger partial charge in [-0.1, -0.05) is 26.7 Å². The van der Waals surface area contributed by atoms with Crippen LogP contribution < -0.4 is 5.32 Å². The Morgan fingerprint density at radius 3 is 2.75 bits per heavy atom. The van der Waals surface area contributed by atoms with Gasteiger partial charge >= 0.3 is 0 Å². The fourth-order valence-corrected chi connectivity index (χ4v) is 3.02. The second-order valence-corrected chi connectivity index (χ2v) is 5.27. The predicted molar refractivity (Wildman–Crippen MR) is 69.7 cm³/mol. The Morgan fingerprint density at radius 1 is 1.38 bits per heavy atom. The molecule has 16 heavy (non-hydrogen) atoms. The number of rotatable bonds is 8. The van der Waals surface area contributed by atoms with Crippen molar-refractivity contribution in [1.82, 2.24) is 5.32 Å². The molecule has 0 radical (unpaired) electrons. The molecule has 0 saturated heterocycles. The van der Waals surface area contributed by atoms with Crippen LogP contribution in [0.15, 0.2) is 0 Å². The van der Waals surface area contributed by atoms with Crippen molar-refractivity contribution in [3.63, 3.8) is 0 Å². The van der Waals surface area contributed by atoms with Crippen LogP contribution in [-0.2, 0) is 4.74 Å². The monoisotopic (exact) mass is 227 g/mol. The second kappa shape index (κ2) is 8.08. The lowest BCUT2D eigenvalue weighted by atomic mass is 9.87. The van der Waals surface area contributed by atoms with Crippen molar-refractivity contribution in [2.24, 2.45) is 11.8 Å². The summed E-state index contributed by atoms with van der Waals surface area (Å²) in [5.74, 6) is 1.82. The average Bonchev–Trinajstić information content (AvgIpc) is 2.70. The van der Waals surface area contributed by atoms with Gasteiger partial charge in [0, 0.05) is 19.8 Å². The molecule has 0 aromatic carbocycles. The van der Waals surface area contributed by atoms with Gasteiger partial charge in [-0.05, 0) is 44.1 Å². The highest BCUT2D eigenvalue weighted by Crippen LogP contribution is 2.35. The van der Waals surface area contributed by atoms with Crippen LogP contribution >= 0.6 is 0 Å². The van der Waals surface area contributed by atoms with Crippen molar-refractivity contribution in [2.75, 3.05) is 20.3 Å². The fraction of sp³-hybridized carbons (Fsp3) is 1.00. The van der Waals surface area contributed by atoms with E-state index in [1.807, 2.05) is 0 Å². The first-order valence-corrected chi connectivity index (χ1v) is 7.02. The maximum atomic E-state index is 5.16. The lowest BCUT2D eigenvalue weighted by Gasteiger charge is -2.28. The van der Waals surface area contributed by atoms with Crippen LogP contribution in [0, 0.1) is 11.8 Å². The van der Waals surface area contributed by atoms with Crippen LogP contribution in [0.2, 0.25) is 0 Å². The third kappa shape index (κ3) is 4.42. The van der Waals surface area contributed by atoms with Gasteiger partial charge in [0.05, 0.1) is 0 Å². The van der Waals surface area contributed by atoms with E-state index < -0.39 is 0 Å². The van der Waals surface area contributed by atoms with Crippen molar-refractivity contribution in [2.45, 2.75) is 58.4 Å². The maximum Gasteiger partial charge on any atom is 0.0462 e. The summed E-state index contributed by atoms with van der Waals surface area (Å²) >= 11 is 0. The standard InChI is InChI=1S/C14H29NO/c1-4-10-15-14(9-6-11-16-3)13-8-5-7-12(13)2/h12-15H,4-11H2,1-3H3. The molecule has 1 aliphatic rings. The SMILES string of the molecule is CCCNC(CCCOC)C1CCCC1C. The molecule has 3 atom stereocenters. The summed E-state index contributed by atoms with van der Waals surface area (Å²) in [6.45, 7) is 6.75. The summed E-state index contributed by atoms with van der Waals surface area (Å²) in [4.78, 5) is 0. The molecule has 2 heteroatoms. The molecule has 0 heterocycles. The van der Waals surface area contributed by atoms with Gasteiger partial charge in [0.15, 0.2) is 0 Å². The van der Waals surface area contributed by atoms with Gasteiger partial charge in [-0.2, -0.15) is 0 Å². The van der Waals surface area contributed by atoms with E-state index in [1.165, 1.54) is 45.1 Å². The molecule has 1 aliphatic carbocycles. The largest absolute Gasteiger partial charge is 0.385 e. The summed E-state index contributed by atoms with van der Waals surface area (Å²) < 4.78 is 5.16. The van der Waals surface area contributed by atoms with Gasteiger partial charge in [-0.25, -0.2) is 0 Å². The van der Waals surface area contributed by atoms with Crippen molar-refractivity contribution in [3.8, 4) is 0 Å². The zero-order chi connectivity index (χ0) is 11.8. The van der Waals surface area contributed by atoms with Crippen molar-refractivity contribution in [1.29, 1.82) is 0 Å². The summed E-state index contributed by atoms with van der Waals surface area (Å²) in [5, 5.41) is 3.75. The molecule has 0 aromatic heterocycles. The predicted octanol–water partition coefficient (Wildman–Crippen LogP) is 3.22. The number of hydrogen-bond acceptors (Lipinski definition) is 2. The van der Waals surface area contributed by atoms with Gasteiger partial charge in [-0.3, -0.25) is 0 Å². The second-order valence-electron chi connectivity index (χ2n) is 5.27. The van der Waals surface area contributed by atoms with Crippen molar-refractivity contribution in [3.05, 3.63) is 0 Å². The molecule has 1 N–H and O–H groups in total. The minimum Gasteiger partial charge on any atom is -0.385 e. The van der Waals surface area contributed by atoms with Crippen molar-refractivity contribution < 1.29 is 4.74 Å². The van der Waals surface area contributed by atoms with Crippen molar-refractivity contribution >= 4 is 0 Å². The van der Waals surface area contributed by atoms with E-state index in [1.54, 1.807) is 7.11 Å². The molecule has 1 fully saturated rings.